The normalized spacial score (nSPS) is 30.3. The molecule has 2 aliphatic rings. The van der Waals surface area contributed by atoms with Crippen LogP contribution < -0.4 is 5.32 Å². The van der Waals surface area contributed by atoms with Gasteiger partial charge in [-0.2, -0.15) is 0 Å². The number of rotatable bonds is 2. The second-order valence-electron chi connectivity index (χ2n) is 5.12. The van der Waals surface area contributed by atoms with Gasteiger partial charge in [-0.1, -0.05) is 29.8 Å². The fourth-order valence-corrected chi connectivity index (χ4v) is 3.36. The number of hydrogen-bond donors (Lipinski definition) is 1. The lowest BCUT2D eigenvalue weighted by atomic mass is 9.78. The maximum atomic E-state index is 6.32. The number of piperidine rings is 1. The van der Waals surface area contributed by atoms with Crippen LogP contribution in [0.15, 0.2) is 24.3 Å². The van der Waals surface area contributed by atoms with E-state index < -0.39 is 0 Å². The van der Waals surface area contributed by atoms with E-state index in [0.717, 1.165) is 23.4 Å². The maximum absolute atomic E-state index is 6.32. The summed E-state index contributed by atoms with van der Waals surface area (Å²) in [5.74, 6) is 2.47. The zero-order valence-corrected chi connectivity index (χ0v) is 10.2. The van der Waals surface area contributed by atoms with Gasteiger partial charge in [-0.25, -0.2) is 0 Å². The molecule has 1 aromatic rings. The summed E-state index contributed by atoms with van der Waals surface area (Å²) >= 11 is 6.32. The molecule has 0 bridgehead atoms. The van der Waals surface area contributed by atoms with Gasteiger partial charge in [0.15, 0.2) is 0 Å². The maximum Gasteiger partial charge on any atom is 0.0441 e. The van der Waals surface area contributed by atoms with Crippen LogP contribution in [-0.2, 0) is 0 Å². The average Bonchev–Trinajstić information content (AvgIpc) is 3.14. The molecule has 1 N–H and O–H groups in total. The van der Waals surface area contributed by atoms with E-state index in [1.807, 2.05) is 12.1 Å². The molecule has 1 nitrogen and oxygen atoms in total. The Bertz CT molecular complexity index is 373. The van der Waals surface area contributed by atoms with E-state index in [1.165, 1.54) is 31.4 Å². The lowest BCUT2D eigenvalue weighted by Crippen LogP contribution is -2.36. The van der Waals surface area contributed by atoms with Gasteiger partial charge in [0.25, 0.3) is 0 Å². The van der Waals surface area contributed by atoms with Crippen LogP contribution in [0.1, 0.15) is 30.7 Å². The molecule has 0 amide bonds. The van der Waals surface area contributed by atoms with Crippen molar-refractivity contribution < 1.29 is 0 Å². The summed E-state index contributed by atoms with van der Waals surface area (Å²) in [6, 6.07) is 8.36. The first-order chi connectivity index (χ1) is 7.86. The molecule has 1 aliphatic heterocycles. The highest BCUT2D eigenvalue weighted by molar-refractivity contribution is 6.31. The van der Waals surface area contributed by atoms with Gasteiger partial charge in [-0.05, 0) is 49.3 Å². The lowest BCUT2D eigenvalue weighted by Gasteiger charge is -2.33. The summed E-state index contributed by atoms with van der Waals surface area (Å²) < 4.78 is 0. The van der Waals surface area contributed by atoms with Gasteiger partial charge in [0, 0.05) is 17.5 Å². The second kappa shape index (κ2) is 4.38. The van der Waals surface area contributed by atoms with Gasteiger partial charge in [0.05, 0.1) is 0 Å². The molecule has 86 valence electrons. The minimum absolute atomic E-state index is 0.634. The molecule has 1 aliphatic carbocycles. The molecule has 0 radical (unpaired) electrons. The van der Waals surface area contributed by atoms with Crippen molar-refractivity contribution in [2.75, 3.05) is 13.1 Å². The first-order valence-electron chi connectivity index (χ1n) is 6.31. The topological polar surface area (TPSA) is 12.0 Å². The van der Waals surface area contributed by atoms with Crippen molar-refractivity contribution in [3.63, 3.8) is 0 Å². The minimum atomic E-state index is 0.634. The summed E-state index contributed by atoms with van der Waals surface area (Å²) in [5.41, 5.74) is 1.35. The van der Waals surface area contributed by atoms with Crippen molar-refractivity contribution >= 4 is 11.6 Å². The third kappa shape index (κ3) is 1.99. The van der Waals surface area contributed by atoms with Crippen molar-refractivity contribution in [2.24, 2.45) is 11.8 Å². The molecule has 1 saturated carbocycles. The first-order valence-corrected chi connectivity index (χ1v) is 6.69. The van der Waals surface area contributed by atoms with E-state index in [4.69, 9.17) is 11.6 Å². The molecule has 1 saturated heterocycles. The predicted molar refractivity (Wildman–Crippen MR) is 67.9 cm³/mol. The SMILES string of the molecule is Clc1ccccc1C1CNCCC1C1CC1. The highest BCUT2D eigenvalue weighted by Crippen LogP contribution is 2.47. The van der Waals surface area contributed by atoms with Crippen molar-refractivity contribution in [3.8, 4) is 0 Å². The molecule has 2 heteroatoms. The number of nitrogens with one attached hydrogen (secondary N) is 1. The minimum Gasteiger partial charge on any atom is -0.316 e. The molecule has 2 fully saturated rings. The third-order valence-corrected chi connectivity index (χ3v) is 4.41. The molecule has 16 heavy (non-hydrogen) atoms. The summed E-state index contributed by atoms with van der Waals surface area (Å²) in [7, 11) is 0. The van der Waals surface area contributed by atoms with Crippen LogP contribution in [0, 0.1) is 11.8 Å². The smallest absolute Gasteiger partial charge is 0.0441 e. The molecule has 2 atom stereocenters. The van der Waals surface area contributed by atoms with Crippen molar-refractivity contribution in [3.05, 3.63) is 34.9 Å². The Labute approximate surface area is 102 Å². The van der Waals surface area contributed by atoms with Crippen LogP contribution in [0.5, 0.6) is 0 Å². The fraction of sp³-hybridized carbons (Fsp3) is 0.571. The highest BCUT2D eigenvalue weighted by Gasteiger charge is 2.38. The van der Waals surface area contributed by atoms with Gasteiger partial charge in [0.2, 0.25) is 0 Å². The lowest BCUT2D eigenvalue weighted by molar-refractivity contribution is 0.291. The molecule has 1 aromatic carbocycles. The Kier molecular flexibility index (Phi) is 2.91. The van der Waals surface area contributed by atoms with Crippen molar-refractivity contribution in [2.45, 2.75) is 25.2 Å². The molecule has 0 aromatic heterocycles. The van der Waals surface area contributed by atoms with E-state index >= 15 is 0 Å². The molecule has 1 heterocycles. The quantitative estimate of drug-likeness (QED) is 0.828. The van der Waals surface area contributed by atoms with Crippen LogP contribution in [-0.4, -0.2) is 13.1 Å². The van der Waals surface area contributed by atoms with E-state index in [-0.39, 0.29) is 0 Å². The van der Waals surface area contributed by atoms with Gasteiger partial charge in [0.1, 0.15) is 0 Å². The summed E-state index contributed by atoms with van der Waals surface area (Å²) in [6.07, 6.45) is 4.19. The predicted octanol–water partition coefficient (Wildman–Crippen LogP) is 3.44. The van der Waals surface area contributed by atoms with E-state index in [1.54, 1.807) is 0 Å². The van der Waals surface area contributed by atoms with Crippen LogP contribution in [0.2, 0.25) is 5.02 Å². The second-order valence-corrected chi connectivity index (χ2v) is 5.53. The van der Waals surface area contributed by atoms with Gasteiger partial charge >= 0.3 is 0 Å². The summed E-state index contributed by atoms with van der Waals surface area (Å²) in [6.45, 7) is 2.28. The van der Waals surface area contributed by atoms with Crippen LogP contribution in [0.4, 0.5) is 0 Å². The third-order valence-electron chi connectivity index (χ3n) is 4.07. The van der Waals surface area contributed by atoms with Gasteiger partial charge in [-0.3, -0.25) is 0 Å². The average molecular weight is 236 g/mol. The number of halogens is 1. The van der Waals surface area contributed by atoms with Crippen molar-refractivity contribution in [1.29, 1.82) is 0 Å². The van der Waals surface area contributed by atoms with E-state index in [0.29, 0.717) is 5.92 Å². The molecular weight excluding hydrogens is 218 g/mol. The Morgan fingerprint density at radius 2 is 1.94 bits per heavy atom. The molecule has 2 unspecified atom stereocenters. The largest absolute Gasteiger partial charge is 0.316 e. The monoisotopic (exact) mass is 235 g/mol. The Hall–Kier alpha value is -0.530. The molecule has 3 rings (SSSR count). The summed E-state index contributed by atoms with van der Waals surface area (Å²) in [4.78, 5) is 0. The van der Waals surface area contributed by atoms with E-state index in [2.05, 4.69) is 17.4 Å². The Morgan fingerprint density at radius 3 is 2.69 bits per heavy atom. The molecular formula is C14H18ClN. The van der Waals surface area contributed by atoms with Crippen LogP contribution >= 0.6 is 11.6 Å². The molecule has 0 spiro atoms. The Morgan fingerprint density at radius 1 is 1.12 bits per heavy atom. The van der Waals surface area contributed by atoms with Crippen LogP contribution in [0.3, 0.4) is 0 Å². The first kappa shape index (κ1) is 10.6. The van der Waals surface area contributed by atoms with E-state index in [9.17, 15) is 0 Å². The highest BCUT2D eigenvalue weighted by atomic mass is 35.5. The standard InChI is InChI=1S/C14H18ClN/c15-14-4-2-1-3-12(14)13-9-16-8-7-11(13)10-5-6-10/h1-4,10-11,13,16H,5-9H2. The zero-order valence-electron chi connectivity index (χ0n) is 9.45. The zero-order chi connectivity index (χ0) is 11.0. The van der Waals surface area contributed by atoms with Crippen LogP contribution in [0.25, 0.3) is 0 Å². The number of benzene rings is 1. The van der Waals surface area contributed by atoms with Crippen molar-refractivity contribution in [1.82, 2.24) is 5.32 Å². The van der Waals surface area contributed by atoms with Gasteiger partial charge in [-0.15, -0.1) is 0 Å². The number of hydrogen-bond acceptors (Lipinski definition) is 1. The van der Waals surface area contributed by atoms with Gasteiger partial charge < -0.3 is 5.32 Å². The summed E-state index contributed by atoms with van der Waals surface area (Å²) in [5, 5.41) is 4.46. The Balaban J connectivity index is 1.88. The fourth-order valence-electron chi connectivity index (χ4n) is 3.08.